The molecule has 1 amide bonds. The van der Waals surface area contributed by atoms with E-state index in [2.05, 4.69) is 5.32 Å². The normalized spacial score (nSPS) is 16.9. The first-order valence-corrected chi connectivity index (χ1v) is 10.8. The molecule has 0 bridgehead atoms. The monoisotopic (exact) mass is 422 g/mol. The van der Waals surface area contributed by atoms with Crippen LogP contribution >= 0.6 is 0 Å². The Labute approximate surface area is 170 Å². The number of ether oxygens (including phenoxy) is 1. The smallest absolute Gasteiger partial charge is 0.282 e. The van der Waals surface area contributed by atoms with Gasteiger partial charge in [-0.3, -0.25) is 4.79 Å². The van der Waals surface area contributed by atoms with Crippen molar-refractivity contribution in [2.24, 2.45) is 0 Å². The first kappa shape index (κ1) is 21.2. The predicted octanol–water partition coefficient (Wildman–Crippen LogP) is 0.751. The van der Waals surface area contributed by atoms with Gasteiger partial charge < -0.3 is 15.0 Å². The Balaban J connectivity index is 1.60. The van der Waals surface area contributed by atoms with Crippen LogP contribution in [0.15, 0.2) is 53.4 Å². The van der Waals surface area contributed by atoms with Gasteiger partial charge in [0.2, 0.25) is 10.0 Å². The molecule has 3 rings (SSSR count). The van der Waals surface area contributed by atoms with Gasteiger partial charge in [-0.05, 0) is 37.3 Å². The van der Waals surface area contributed by atoms with E-state index in [0.717, 1.165) is 11.0 Å². The summed E-state index contributed by atoms with van der Waals surface area (Å²) < 4.78 is 45.3. The lowest BCUT2D eigenvalue weighted by atomic mass is 10.2. The van der Waals surface area contributed by atoms with Crippen molar-refractivity contribution in [2.45, 2.75) is 17.9 Å². The number of quaternary nitrogens is 1. The Morgan fingerprint density at radius 3 is 2.52 bits per heavy atom. The molecule has 0 aliphatic carbocycles. The summed E-state index contributed by atoms with van der Waals surface area (Å²) in [5.74, 6) is -0.0770. The third-order valence-corrected chi connectivity index (χ3v) is 7.04. The van der Waals surface area contributed by atoms with E-state index >= 15 is 0 Å². The molecule has 9 heteroatoms. The molecular weight excluding hydrogens is 397 g/mol. The number of nitrogens with zero attached hydrogens (tertiary/aromatic N) is 1. The molecule has 7 nitrogen and oxygen atoms in total. The molecule has 1 fully saturated rings. The van der Waals surface area contributed by atoms with Crippen LogP contribution in [-0.4, -0.2) is 58.0 Å². The van der Waals surface area contributed by atoms with E-state index in [9.17, 15) is 17.6 Å². The number of sulfonamides is 1. The highest BCUT2D eigenvalue weighted by molar-refractivity contribution is 7.89. The Morgan fingerprint density at radius 2 is 1.86 bits per heavy atom. The molecule has 1 heterocycles. The molecule has 0 saturated carbocycles. The maximum atomic E-state index is 13.4. The van der Waals surface area contributed by atoms with Gasteiger partial charge >= 0.3 is 0 Å². The molecule has 2 aromatic carbocycles. The summed E-state index contributed by atoms with van der Waals surface area (Å²) in [4.78, 5) is 13.5. The maximum absolute atomic E-state index is 13.4. The molecule has 0 unspecified atom stereocenters. The Bertz CT molecular complexity index is 975. The zero-order valence-electron chi connectivity index (χ0n) is 16.4. The van der Waals surface area contributed by atoms with Gasteiger partial charge in [-0.2, -0.15) is 4.31 Å². The minimum atomic E-state index is -3.74. The first-order valence-electron chi connectivity index (χ1n) is 9.36. The molecule has 0 spiro atoms. The van der Waals surface area contributed by atoms with Gasteiger partial charge in [-0.15, -0.1) is 0 Å². The summed E-state index contributed by atoms with van der Waals surface area (Å²) >= 11 is 0. The molecular formula is C20H25FN3O4S+. The zero-order valence-corrected chi connectivity index (χ0v) is 17.2. The van der Waals surface area contributed by atoms with Gasteiger partial charge in [-0.25, -0.2) is 12.8 Å². The maximum Gasteiger partial charge on any atom is 0.282 e. The first-order chi connectivity index (χ1) is 13.8. The second-order valence-electron chi connectivity index (χ2n) is 6.96. The van der Waals surface area contributed by atoms with Gasteiger partial charge in [0, 0.05) is 11.8 Å². The number of halogens is 1. The lowest BCUT2D eigenvalue weighted by molar-refractivity contribution is -0.917. The van der Waals surface area contributed by atoms with E-state index in [1.807, 2.05) is 6.92 Å². The van der Waals surface area contributed by atoms with E-state index < -0.39 is 15.8 Å². The minimum Gasteiger partial charge on any atom is -0.497 e. The van der Waals surface area contributed by atoms with Crippen LogP contribution in [0.25, 0.3) is 0 Å². The largest absolute Gasteiger partial charge is 0.497 e. The molecule has 1 atom stereocenters. The van der Waals surface area contributed by atoms with E-state index in [1.54, 1.807) is 31.4 Å². The molecule has 1 saturated heterocycles. The molecule has 0 aromatic heterocycles. The number of piperazine rings is 1. The third kappa shape index (κ3) is 4.92. The predicted molar refractivity (Wildman–Crippen MR) is 107 cm³/mol. The van der Waals surface area contributed by atoms with E-state index in [4.69, 9.17) is 4.74 Å². The minimum absolute atomic E-state index is 0.0511. The van der Waals surface area contributed by atoms with Crippen molar-refractivity contribution in [3.63, 3.8) is 0 Å². The van der Waals surface area contributed by atoms with Crippen molar-refractivity contribution in [2.75, 3.05) is 38.6 Å². The third-order valence-electron chi connectivity index (χ3n) is 5.14. The van der Waals surface area contributed by atoms with Crippen LogP contribution in [0, 0.1) is 5.82 Å². The Kier molecular flexibility index (Phi) is 6.51. The molecule has 2 N–H and O–H groups in total. The fourth-order valence-corrected chi connectivity index (χ4v) is 4.83. The van der Waals surface area contributed by atoms with Crippen molar-refractivity contribution >= 4 is 21.6 Å². The summed E-state index contributed by atoms with van der Waals surface area (Å²) in [6, 6.07) is 11.8. The van der Waals surface area contributed by atoms with Crippen LogP contribution in [0.3, 0.4) is 0 Å². The Morgan fingerprint density at radius 1 is 1.17 bits per heavy atom. The van der Waals surface area contributed by atoms with Gasteiger partial charge in [0.05, 0.1) is 38.2 Å². The summed E-state index contributed by atoms with van der Waals surface area (Å²) in [6.07, 6.45) is 0. The number of hydrogen-bond donors (Lipinski definition) is 2. The molecule has 1 aliphatic rings. The van der Waals surface area contributed by atoms with Gasteiger partial charge in [0.25, 0.3) is 5.91 Å². The average molecular weight is 423 g/mol. The average Bonchev–Trinajstić information content (AvgIpc) is 2.73. The van der Waals surface area contributed by atoms with Crippen molar-refractivity contribution in [3.05, 3.63) is 54.3 Å². The van der Waals surface area contributed by atoms with Crippen molar-refractivity contribution in [1.82, 2.24) is 4.31 Å². The number of amides is 1. The van der Waals surface area contributed by atoms with Gasteiger partial charge in [-0.1, -0.05) is 12.1 Å². The van der Waals surface area contributed by atoms with Crippen LogP contribution in [0.5, 0.6) is 5.75 Å². The van der Waals surface area contributed by atoms with E-state index in [0.29, 0.717) is 24.5 Å². The number of hydrogen-bond acceptors (Lipinski definition) is 4. The highest BCUT2D eigenvalue weighted by atomic mass is 32.2. The molecule has 2 aromatic rings. The quantitative estimate of drug-likeness (QED) is 0.720. The van der Waals surface area contributed by atoms with Gasteiger partial charge in [0.1, 0.15) is 11.6 Å². The number of carbonyl (C=O) groups is 1. The highest BCUT2D eigenvalue weighted by Crippen LogP contribution is 2.18. The van der Waals surface area contributed by atoms with Crippen LogP contribution < -0.4 is 15.0 Å². The molecule has 156 valence electrons. The SMILES string of the molecule is COc1cccc(NC(=O)[C@@H](C)[NH+]2CCN(S(=O)(=O)c3cccc(F)c3)CC2)c1. The second kappa shape index (κ2) is 8.89. The lowest BCUT2D eigenvalue weighted by Gasteiger charge is -2.34. The fourth-order valence-electron chi connectivity index (χ4n) is 3.36. The fraction of sp³-hybridized carbons (Fsp3) is 0.350. The van der Waals surface area contributed by atoms with Crippen LogP contribution in [0.1, 0.15) is 6.92 Å². The molecule has 29 heavy (non-hydrogen) atoms. The number of carbonyl (C=O) groups excluding carboxylic acids is 1. The number of rotatable bonds is 6. The molecule has 0 radical (unpaired) electrons. The van der Waals surface area contributed by atoms with E-state index in [1.165, 1.54) is 22.5 Å². The standard InChI is InChI=1S/C20H24FN3O4S/c1-15(20(25)22-17-6-4-7-18(14-17)28-2)23-9-11-24(12-10-23)29(26,27)19-8-3-5-16(21)13-19/h3-8,13-15H,9-12H2,1-2H3,(H,22,25)/p+1/t15-/m1/s1. The lowest BCUT2D eigenvalue weighted by Crippen LogP contribution is -3.19. The van der Waals surface area contributed by atoms with Crippen molar-refractivity contribution < 1.29 is 27.2 Å². The molecule has 1 aliphatic heterocycles. The summed E-state index contributed by atoms with van der Waals surface area (Å²) in [5.41, 5.74) is 0.646. The Hall–Kier alpha value is -2.49. The summed E-state index contributed by atoms with van der Waals surface area (Å²) in [5, 5.41) is 2.87. The number of benzene rings is 2. The van der Waals surface area contributed by atoms with Gasteiger partial charge in [0.15, 0.2) is 6.04 Å². The van der Waals surface area contributed by atoms with Crippen LogP contribution in [0.2, 0.25) is 0 Å². The second-order valence-corrected chi connectivity index (χ2v) is 8.90. The zero-order chi connectivity index (χ0) is 21.0. The summed E-state index contributed by atoms with van der Waals surface area (Å²) in [7, 11) is -2.18. The van der Waals surface area contributed by atoms with Crippen molar-refractivity contribution in [1.29, 1.82) is 0 Å². The van der Waals surface area contributed by atoms with Crippen molar-refractivity contribution in [3.8, 4) is 5.75 Å². The highest BCUT2D eigenvalue weighted by Gasteiger charge is 2.34. The number of methoxy groups -OCH3 is 1. The topological polar surface area (TPSA) is 80.2 Å². The van der Waals surface area contributed by atoms with E-state index in [-0.39, 0.29) is 29.9 Å². The van der Waals surface area contributed by atoms with Crippen LogP contribution in [0.4, 0.5) is 10.1 Å². The number of nitrogens with one attached hydrogen (secondary N) is 2. The number of anilines is 1. The summed E-state index contributed by atoms with van der Waals surface area (Å²) in [6.45, 7) is 3.33. The van der Waals surface area contributed by atoms with Crippen LogP contribution in [-0.2, 0) is 14.8 Å².